The molecule has 0 unspecified atom stereocenters. The molecule has 0 saturated carbocycles. The summed E-state index contributed by atoms with van der Waals surface area (Å²) in [5, 5.41) is 4.01. The van der Waals surface area contributed by atoms with Gasteiger partial charge in [-0.1, -0.05) is 6.42 Å². The Morgan fingerprint density at radius 1 is 1.28 bits per heavy atom. The van der Waals surface area contributed by atoms with Gasteiger partial charge in [-0.05, 0) is 25.9 Å². The average molecular weight is 369 g/mol. The molecule has 0 bridgehead atoms. The maximum Gasteiger partial charge on any atom is 0.257 e. The summed E-state index contributed by atoms with van der Waals surface area (Å²) in [6.45, 7) is 4.25. The lowest BCUT2D eigenvalue weighted by atomic mass is 10.1. The van der Waals surface area contributed by atoms with E-state index in [1.807, 2.05) is 0 Å². The Morgan fingerprint density at radius 3 is 2.52 bits per heavy atom. The Balaban J connectivity index is 1.55. The third kappa shape index (κ3) is 4.39. The molecule has 1 aromatic rings. The first-order valence-electron chi connectivity index (χ1n) is 8.81. The van der Waals surface area contributed by atoms with Gasteiger partial charge in [0, 0.05) is 39.4 Å². The molecular weight excluding hydrogens is 342 g/mol. The lowest BCUT2D eigenvalue weighted by Crippen LogP contribution is -2.62. The van der Waals surface area contributed by atoms with E-state index >= 15 is 0 Å². The summed E-state index contributed by atoms with van der Waals surface area (Å²) in [4.78, 5) is 16.4. The minimum absolute atomic E-state index is 0.0890. The molecule has 0 radical (unpaired) electrons. The number of nitrogens with zero attached hydrogens (tertiary/aromatic N) is 5. The molecule has 2 saturated heterocycles. The zero-order valence-corrected chi connectivity index (χ0v) is 15.8. The fourth-order valence-electron chi connectivity index (χ4n) is 3.56. The van der Waals surface area contributed by atoms with Gasteiger partial charge in [-0.2, -0.15) is 9.40 Å². The van der Waals surface area contributed by atoms with Gasteiger partial charge in [-0.25, -0.2) is 8.42 Å². The van der Waals surface area contributed by atoms with Crippen molar-refractivity contribution in [3.63, 3.8) is 0 Å². The number of amides is 1. The van der Waals surface area contributed by atoms with Crippen LogP contribution in [0.4, 0.5) is 0 Å². The van der Waals surface area contributed by atoms with E-state index in [0.29, 0.717) is 25.2 Å². The number of carbonyl (C=O) groups excluding carboxylic acids is 1. The van der Waals surface area contributed by atoms with Gasteiger partial charge in [0.05, 0.1) is 24.1 Å². The monoisotopic (exact) mass is 369 g/mol. The number of hydrogen-bond acceptors (Lipinski definition) is 5. The lowest BCUT2D eigenvalue weighted by Gasteiger charge is -2.44. The van der Waals surface area contributed by atoms with Crippen LogP contribution in [-0.2, 0) is 17.1 Å². The third-order valence-corrected chi connectivity index (χ3v) is 6.35. The molecule has 3 rings (SSSR count). The summed E-state index contributed by atoms with van der Waals surface area (Å²) in [7, 11) is -1.52. The number of likely N-dealkylation sites (tertiary alicyclic amines) is 2. The van der Waals surface area contributed by atoms with E-state index in [9.17, 15) is 13.2 Å². The molecule has 3 heterocycles. The van der Waals surface area contributed by atoms with Crippen LogP contribution in [0.2, 0.25) is 0 Å². The highest BCUT2D eigenvalue weighted by atomic mass is 32.2. The molecule has 1 amide bonds. The van der Waals surface area contributed by atoms with E-state index in [0.717, 1.165) is 19.6 Å². The predicted octanol–water partition coefficient (Wildman–Crippen LogP) is -0.00800. The maximum atomic E-state index is 12.4. The quantitative estimate of drug-likeness (QED) is 0.705. The molecule has 0 N–H and O–H groups in total. The summed E-state index contributed by atoms with van der Waals surface area (Å²) < 4.78 is 27.5. The number of sulfonamides is 1. The van der Waals surface area contributed by atoms with Crippen LogP contribution in [-0.4, -0.2) is 89.8 Å². The van der Waals surface area contributed by atoms with Crippen LogP contribution in [0.5, 0.6) is 0 Å². The van der Waals surface area contributed by atoms with E-state index in [-0.39, 0.29) is 11.9 Å². The fraction of sp³-hybridized carbons (Fsp3) is 0.750. The summed E-state index contributed by atoms with van der Waals surface area (Å²) in [6.07, 6.45) is 8.13. The first kappa shape index (κ1) is 18.3. The average Bonchev–Trinajstić information content (AvgIpc) is 2.95. The van der Waals surface area contributed by atoms with Crippen molar-refractivity contribution in [2.45, 2.75) is 25.3 Å². The van der Waals surface area contributed by atoms with E-state index in [2.05, 4.69) is 10.00 Å². The summed E-state index contributed by atoms with van der Waals surface area (Å²) >= 11 is 0. The topological polar surface area (TPSA) is 78.8 Å². The van der Waals surface area contributed by atoms with Crippen LogP contribution in [0.25, 0.3) is 0 Å². The molecule has 0 spiro atoms. The Hall–Kier alpha value is -1.45. The molecule has 8 nitrogen and oxygen atoms in total. The van der Waals surface area contributed by atoms with Gasteiger partial charge in [-0.3, -0.25) is 9.48 Å². The molecule has 2 fully saturated rings. The molecular formula is C16H27N5O3S. The number of hydrogen-bond donors (Lipinski definition) is 0. The van der Waals surface area contributed by atoms with Crippen LogP contribution < -0.4 is 0 Å². The van der Waals surface area contributed by atoms with Crippen molar-refractivity contribution in [2.24, 2.45) is 7.05 Å². The highest BCUT2D eigenvalue weighted by Gasteiger charge is 2.39. The smallest absolute Gasteiger partial charge is 0.257 e. The van der Waals surface area contributed by atoms with E-state index in [1.54, 1.807) is 33.3 Å². The van der Waals surface area contributed by atoms with Gasteiger partial charge < -0.3 is 9.80 Å². The highest BCUT2D eigenvalue weighted by molar-refractivity contribution is 7.88. The van der Waals surface area contributed by atoms with Crippen molar-refractivity contribution in [1.29, 1.82) is 0 Å². The first-order chi connectivity index (χ1) is 11.8. The maximum absolute atomic E-state index is 12.4. The molecule has 1 aromatic heterocycles. The second kappa shape index (κ2) is 7.43. The van der Waals surface area contributed by atoms with Crippen molar-refractivity contribution >= 4 is 15.9 Å². The SMILES string of the molecule is Cn1cc(C(=O)N2CC(N(CCN3CCCCC3)S(C)(=O)=O)C2)cn1. The van der Waals surface area contributed by atoms with Crippen LogP contribution in [0.3, 0.4) is 0 Å². The first-order valence-corrected chi connectivity index (χ1v) is 10.7. The summed E-state index contributed by atoms with van der Waals surface area (Å²) in [5.41, 5.74) is 0.542. The van der Waals surface area contributed by atoms with Gasteiger partial charge in [0.2, 0.25) is 10.0 Å². The normalized spacial score (nSPS) is 20.0. The second-order valence-corrected chi connectivity index (χ2v) is 8.98. The van der Waals surface area contributed by atoms with Gasteiger partial charge >= 0.3 is 0 Å². The molecule has 140 valence electrons. The van der Waals surface area contributed by atoms with E-state index in [4.69, 9.17) is 0 Å². The van der Waals surface area contributed by atoms with Crippen LogP contribution in [0.1, 0.15) is 29.6 Å². The second-order valence-electron chi connectivity index (χ2n) is 7.04. The van der Waals surface area contributed by atoms with Crippen molar-refractivity contribution < 1.29 is 13.2 Å². The zero-order valence-electron chi connectivity index (χ0n) is 15.0. The van der Waals surface area contributed by atoms with Crippen molar-refractivity contribution in [3.05, 3.63) is 18.0 Å². The summed E-state index contributed by atoms with van der Waals surface area (Å²) in [6, 6.07) is -0.125. The van der Waals surface area contributed by atoms with E-state index < -0.39 is 10.0 Å². The molecule has 9 heteroatoms. The Labute approximate surface area is 149 Å². The standard InChI is InChI=1S/C16H27N5O3S/c1-18-11-14(10-17-18)16(22)20-12-15(13-20)21(25(2,23)24)9-8-19-6-4-3-5-7-19/h10-11,15H,3-9,12-13H2,1-2H3. The van der Waals surface area contributed by atoms with Crippen molar-refractivity contribution in [3.8, 4) is 0 Å². The number of carbonyl (C=O) groups is 1. The minimum atomic E-state index is -3.28. The fourth-order valence-corrected chi connectivity index (χ4v) is 4.65. The Morgan fingerprint density at radius 2 is 1.96 bits per heavy atom. The van der Waals surface area contributed by atoms with Crippen LogP contribution >= 0.6 is 0 Å². The molecule has 2 aliphatic rings. The minimum Gasteiger partial charge on any atom is -0.335 e. The number of piperidine rings is 1. The molecule has 0 atom stereocenters. The predicted molar refractivity (Wildman–Crippen MR) is 94.7 cm³/mol. The Kier molecular flexibility index (Phi) is 5.45. The molecule has 0 aliphatic carbocycles. The molecule has 25 heavy (non-hydrogen) atoms. The number of aryl methyl sites for hydroxylation is 1. The zero-order chi connectivity index (χ0) is 18.0. The van der Waals surface area contributed by atoms with Crippen molar-refractivity contribution in [1.82, 2.24) is 23.9 Å². The van der Waals surface area contributed by atoms with Crippen molar-refractivity contribution in [2.75, 3.05) is 45.5 Å². The van der Waals surface area contributed by atoms with Crippen LogP contribution in [0, 0.1) is 0 Å². The number of aromatic nitrogens is 2. The lowest BCUT2D eigenvalue weighted by molar-refractivity contribution is 0.0437. The van der Waals surface area contributed by atoms with Gasteiger partial charge in [0.1, 0.15) is 0 Å². The Bertz CT molecular complexity index is 705. The third-order valence-electron chi connectivity index (χ3n) is 5.02. The van der Waals surface area contributed by atoms with Gasteiger partial charge in [0.15, 0.2) is 0 Å². The van der Waals surface area contributed by atoms with Gasteiger partial charge in [-0.15, -0.1) is 0 Å². The molecule has 2 aliphatic heterocycles. The largest absolute Gasteiger partial charge is 0.335 e. The highest BCUT2D eigenvalue weighted by Crippen LogP contribution is 2.20. The van der Waals surface area contributed by atoms with Crippen LogP contribution in [0.15, 0.2) is 12.4 Å². The van der Waals surface area contributed by atoms with Gasteiger partial charge in [0.25, 0.3) is 5.91 Å². The van der Waals surface area contributed by atoms with E-state index in [1.165, 1.54) is 25.5 Å². The number of rotatable bonds is 6. The summed E-state index contributed by atoms with van der Waals surface area (Å²) in [5.74, 6) is -0.0890. The molecule has 0 aromatic carbocycles.